The van der Waals surface area contributed by atoms with Crippen molar-refractivity contribution in [3.8, 4) is 0 Å². The van der Waals surface area contributed by atoms with Crippen LogP contribution in [-0.2, 0) is 37.9 Å². The summed E-state index contributed by atoms with van der Waals surface area (Å²) in [6.07, 6.45) is 2.08. The molecule has 1 spiro atoms. The smallest absolute Gasteiger partial charge is 0.253 e. The molecule has 1 atom stereocenters. The average molecular weight is 559 g/mol. The fourth-order valence-corrected chi connectivity index (χ4v) is 6.49. The Balaban J connectivity index is 1.51. The van der Waals surface area contributed by atoms with Crippen LogP contribution in [-0.4, -0.2) is 70.5 Å². The highest BCUT2D eigenvalue weighted by atomic mass is 35.5. The molecule has 0 radical (unpaired) electrons. The van der Waals surface area contributed by atoms with Gasteiger partial charge >= 0.3 is 0 Å². The Morgan fingerprint density at radius 3 is 2.66 bits per heavy atom. The third-order valence-corrected chi connectivity index (χ3v) is 8.70. The van der Waals surface area contributed by atoms with Crippen molar-refractivity contribution in [2.24, 2.45) is 0 Å². The van der Waals surface area contributed by atoms with Crippen molar-refractivity contribution in [3.05, 3.63) is 58.9 Å². The van der Waals surface area contributed by atoms with Crippen molar-refractivity contribution in [1.82, 2.24) is 14.5 Å². The standard InChI is InChI=1S/C27H31ClN4O5S/c1-26(2,35)24(33)30-13-11-27(17-30)19-7-4-5-8-21(19)32(25(27)34)16-23-29-20-15-18(28)9-10-22(20)31(23)12-6-14-38(3,36)37/h4-5,7-10,15,35H,6,11-14,16-17H2,1-3H3/t27-/m0/s1. The maximum Gasteiger partial charge on any atom is 0.253 e. The van der Waals surface area contributed by atoms with Crippen LogP contribution in [0.25, 0.3) is 11.0 Å². The number of hydrogen-bond donors (Lipinski definition) is 1. The molecule has 1 saturated heterocycles. The van der Waals surface area contributed by atoms with Crippen LogP contribution in [0, 0.1) is 0 Å². The van der Waals surface area contributed by atoms with E-state index in [4.69, 9.17) is 16.6 Å². The molecule has 38 heavy (non-hydrogen) atoms. The Hall–Kier alpha value is -2.95. The molecular weight excluding hydrogens is 528 g/mol. The summed E-state index contributed by atoms with van der Waals surface area (Å²) >= 11 is 6.21. The van der Waals surface area contributed by atoms with Crippen molar-refractivity contribution >= 4 is 50.0 Å². The molecule has 2 aliphatic rings. The second-order valence-corrected chi connectivity index (χ2v) is 13.5. The monoisotopic (exact) mass is 558 g/mol. The Labute approximate surface area is 226 Å². The molecule has 11 heteroatoms. The molecule has 0 bridgehead atoms. The number of anilines is 1. The molecule has 1 aromatic heterocycles. The number of halogens is 1. The highest BCUT2D eigenvalue weighted by Crippen LogP contribution is 2.48. The molecule has 0 unspecified atom stereocenters. The van der Waals surface area contributed by atoms with Gasteiger partial charge in [0.1, 0.15) is 21.3 Å². The van der Waals surface area contributed by atoms with E-state index in [9.17, 15) is 23.1 Å². The minimum Gasteiger partial charge on any atom is -0.381 e. The molecule has 2 aromatic carbocycles. The van der Waals surface area contributed by atoms with Crippen LogP contribution in [0.15, 0.2) is 42.5 Å². The predicted molar refractivity (Wildman–Crippen MR) is 146 cm³/mol. The van der Waals surface area contributed by atoms with Crippen molar-refractivity contribution in [2.45, 2.75) is 50.8 Å². The summed E-state index contributed by atoms with van der Waals surface area (Å²) < 4.78 is 25.5. The molecule has 2 aliphatic heterocycles. The van der Waals surface area contributed by atoms with E-state index in [1.54, 1.807) is 21.9 Å². The molecular formula is C27H31ClN4O5S. The van der Waals surface area contributed by atoms with Gasteiger partial charge in [0.05, 0.1) is 28.7 Å². The lowest BCUT2D eigenvalue weighted by Gasteiger charge is -2.27. The molecule has 202 valence electrons. The third-order valence-electron chi connectivity index (χ3n) is 7.43. The molecule has 9 nitrogen and oxygen atoms in total. The summed E-state index contributed by atoms with van der Waals surface area (Å²) in [5.41, 5.74) is 0.694. The minimum atomic E-state index is -3.13. The minimum absolute atomic E-state index is 0.0410. The first-order chi connectivity index (χ1) is 17.8. The van der Waals surface area contributed by atoms with E-state index in [1.807, 2.05) is 34.9 Å². The quantitative estimate of drug-likeness (QED) is 0.477. The number of carbonyl (C=O) groups excluding carboxylic acids is 2. The number of amides is 2. The van der Waals surface area contributed by atoms with E-state index < -0.39 is 26.8 Å². The molecule has 0 aliphatic carbocycles. The van der Waals surface area contributed by atoms with E-state index in [2.05, 4.69) is 0 Å². The highest BCUT2D eigenvalue weighted by molar-refractivity contribution is 7.90. The number of para-hydroxylation sites is 1. The van der Waals surface area contributed by atoms with Crippen LogP contribution in [0.4, 0.5) is 5.69 Å². The van der Waals surface area contributed by atoms with Gasteiger partial charge in [-0.05, 0) is 56.5 Å². The largest absolute Gasteiger partial charge is 0.381 e. The zero-order valence-corrected chi connectivity index (χ0v) is 23.2. The van der Waals surface area contributed by atoms with Crippen LogP contribution in [0.3, 0.4) is 0 Å². The van der Waals surface area contributed by atoms with Crippen molar-refractivity contribution < 1.29 is 23.1 Å². The summed E-state index contributed by atoms with van der Waals surface area (Å²) in [5, 5.41) is 10.8. The number of carbonyl (C=O) groups is 2. The first-order valence-corrected chi connectivity index (χ1v) is 15.0. The van der Waals surface area contributed by atoms with E-state index in [1.165, 1.54) is 20.1 Å². The van der Waals surface area contributed by atoms with Crippen LogP contribution >= 0.6 is 11.6 Å². The van der Waals surface area contributed by atoms with Gasteiger partial charge in [0.25, 0.3) is 5.91 Å². The molecule has 1 fully saturated rings. The third kappa shape index (κ3) is 4.69. The lowest BCUT2D eigenvalue weighted by molar-refractivity contribution is -0.147. The normalized spacial score (nSPS) is 19.7. The molecule has 0 saturated carbocycles. The summed E-state index contributed by atoms with van der Waals surface area (Å²) in [7, 11) is -3.13. The van der Waals surface area contributed by atoms with Crippen molar-refractivity contribution in [3.63, 3.8) is 0 Å². The fourth-order valence-electron chi connectivity index (χ4n) is 5.67. The lowest BCUT2D eigenvalue weighted by Crippen LogP contribution is -2.47. The average Bonchev–Trinajstić information content (AvgIpc) is 3.48. The maximum absolute atomic E-state index is 14.1. The number of likely N-dealkylation sites (tertiary alicyclic amines) is 1. The number of hydrogen-bond acceptors (Lipinski definition) is 6. The van der Waals surface area contributed by atoms with Crippen LogP contribution in [0.1, 0.15) is 38.1 Å². The predicted octanol–water partition coefficient (Wildman–Crippen LogP) is 2.91. The Morgan fingerprint density at radius 2 is 1.95 bits per heavy atom. The number of fused-ring (bicyclic) bond motifs is 3. The van der Waals surface area contributed by atoms with Gasteiger partial charge < -0.3 is 19.5 Å². The number of aromatic nitrogens is 2. The zero-order chi connectivity index (χ0) is 27.5. The first-order valence-electron chi connectivity index (χ1n) is 12.6. The Morgan fingerprint density at radius 1 is 1.21 bits per heavy atom. The molecule has 3 heterocycles. The zero-order valence-electron chi connectivity index (χ0n) is 21.6. The Kier molecular flexibility index (Phi) is 6.56. The second kappa shape index (κ2) is 9.36. The van der Waals surface area contributed by atoms with Gasteiger partial charge in [0.15, 0.2) is 0 Å². The molecule has 1 N–H and O–H groups in total. The second-order valence-electron chi connectivity index (χ2n) is 10.8. The number of aryl methyl sites for hydroxylation is 1. The van der Waals surface area contributed by atoms with Gasteiger partial charge in [0, 0.05) is 36.6 Å². The summed E-state index contributed by atoms with van der Waals surface area (Å²) in [6.45, 7) is 4.09. The van der Waals surface area contributed by atoms with Gasteiger partial charge in [0.2, 0.25) is 5.91 Å². The highest BCUT2D eigenvalue weighted by Gasteiger charge is 2.56. The summed E-state index contributed by atoms with van der Waals surface area (Å²) in [4.78, 5) is 35.0. The number of benzene rings is 2. The van der Waals surface area contributed by atoms with E-state index in [-0.39, 0.29) is 24.7 Å². The summed E-state index contributed by atoms with van der Waals surface area (Å²) in [6, 6.07) is 13.0. The lowest BCUT2D eigenvalue weighted by atomic mass is 9.81. The van der Waals surface area contributed by atoms with E-state index >= 15 is 0 Å². The van der Waals surface area contributed by atoms with Gasteiger partial charge in [-0.15, -0.1) is 0 Å². The van der Waals surface area contributed by atoms with Crippen molar-refractivity contribution in [1.29, 1.82) is 0 Å². The van der Waals surface area contributed by atoms with Gasteiger partial charge in [-0.25, -0.2) is 13.4 Å². The summed E-state index contributed by atoms with van der Waals surface area (Å²) in [5.74, 6) is 0.151. The molecule has 3 aromatic rings. The van der Waals surface area contributed by atoms with Crippen molar-refractivity contribution in [2.75, 3.05) is 30.0 Å². The van der Waals surface area contributed by atoms with Gasteiger partial charge in [-0.3, -0.25) is 9.59 Å². The number of rotatable bonds is 7. The SMILES string of the molecule is CC(C)(O)C(=O)N1CC[C@@]2(C1)C(=O)N(Cc1nc3cc(Cl)ccc3n1CCCS(C)(=O)=O)c1ccccc12. The number of nitrogens with zero attached hydrogens (tertiary/aromatic N) is 4. The van der Waals surface area contributed by atoms with Crippen LogP contribution < -0.4 is 4.90 Å². The fraction of sp³-hybridized carbons (Fsp3) is 0.444. The molecule has 5 rings (SSSR count). The van der Waals surface area contributed by atoms with Crippen LogP contribution in [0.2, 0.25) is 5.02 Å². The van der Waals surface area contributed by atoms with E-state index in [0.717, 1.165) is 16.8 Å². The maximum atomic E-state index is 14.1. The van der Waals surface area contributed by atoms with Gasteiger partial charge in [-0.2, -0.15) is 0 Å². The van der Waals surface area contributed by atoms with E-state index in [0.29, 0.717) is 42.3 Å². The van der Waals surface area contributed by atoms with Crippen LogP contribution in [0.5, 0.6) is 0 Å². The number of sulfone groups is 1. The Bertz CT molecular complexity index is 1540. The molecule has 2 amide bonds. The first kappa shape index (κ1) is 26.6. The number of imidazole rings is 1. The topological polar surface area (TPSA) is 113 Å². The van der Waals surface area contributed by atoms with Gasteiger partial charge in [-0.1, -0.05) is 29.8 Å². The number of aliphatic hydroxyl groups is 1.